The van der Waals surface area contributed by atoms with Gasteiger partial charge in [-0.25, -0.2) is 0 Å². The van der Waals surface area contributed by atoms with Crippen molar-refractivity contribution in [1.82, 2.24) is 0 Å². The van der Waals surface area contributed by atoms with Gasteiger partial charge in [-0.1, -0.05) is 172 Å². The average Bonchev–Trinajstić information content (AvgIpc) is 2.97. The Balaban J connectivity index is 2.95. The first-order valence-electron chi connectivity index (χ1n) is 19.2. The van der Waals surface area contributed by atoms with Crippen LogP contribution in [0.3, 0.4) is 0 Å². The molecule has 2 rings (SSSR count). The van der Waals surface area contributed by atoms with Crippen LogP contribution < -0.4 is 0 Å². The fraction of sp³-hybridized carbons (Fsp3) is 0.727. The molecule has 2 heteroatoms. The zero-order valence-corrected chi connectivity index (χ0v) is 32.5. The molecule has 0 aromatic heterocycles. The van der Waals surface area contributed by atoms with E-state index < -0.39 is 0 Å². The van der Waals surface area contributed by atoms with E-state index >= 15 is 0 Å². The Morgan fingerprint density at radius 1 is 0.391 bits per heavy atom. The molecule has 2 N–H and O–H groups in total. The van der Waals surface area contributed by atoms with Crippen molar-refractivity contribution in [2.24, 2.45) is 0 Å². The van der Waals surface area contributed by atoms with Crippen LogP contribution in [0.1, 0.15) is 208 Å². The Hall–Kier alpha value is -1.96. The predicted molar refractivity (Wildman–Crippen MR) is 204 cm³/mol. The molecule has 0 unspecified atom stereocenters. The zero-order valence-electron chi connectivity index (χ0n) is 32.5. The van der Waals surface area contributed by atoms with E-state index in [1.54, 1.807) is 0 Å². The van der Waals surface area contributed by atoms with E-state index in [9.17, 15) is 10.2 Å². The first kappa shape index (κ1) is 40.2. The fourth-order valence-corrected chi connectivity index (χ4v) is 7.32. The number of phenolic OH excluding ortho intramolecular Hbond substituents is 2. The summed E-state index contributed by atoms with van der Waals surface area (Å²) in [5.74, 6) is 0.696. The number of hydrogen-bond acceptors (Lipinski definition) is 2. The van der Waals surface area contributed by atoms with E-state index in [0.29, 0.717) is 11.5 Å². The number of phenols is 2. The van der Waals surface area contributed by atoms with Gasteiger partial charge in [0.2, 0.25) is 0 Å². The average molecular weight is 635 g/mol. The molecule has 262 valence electrons. The molecule has 0 heterocycles. The minimum absolute atomic E-state index is 0.0409. The molecule has 0 saturated heterocycles. The van der Waals surface area contributed by atoms with Gasteiger partial charge in [0, 0.05) is 22.3 Å². The third kappa shape index (κ3) is 10.5. The molecule has 0 bridgehead atoms. The second-order valence-corrected chi connectivity index (χ2v) is 17.2. The third-order valence-corrected chi connectivity index (χ3v) is 11.2. The first-order chi connectivity index (χ1) is 21.5. The standard InChI is InChI=1S/C44H74O2/c1-13-17-21-25-41(5,6)33-29-35(39(45)37(31-33)43(9,10)27-23-19-15-3)36-30-34(42(7,8)26-22-18-14-2)32-38(40(36)46)44(11,12)28-24-20-16-4/h29-32,45-46H,13-28H2,1-12H3. The third-order valence-electron chi connectivity index (χ3n) is 11.2. The molecule has 2 nitrogen and oxygen atoms in total. The van der Waals surface area contributed by atoms with Crippen LogP contribution in [0.15, 0.2) is 24.3 Å². The molecule has 0 aliphatic rings. The van der Waals surface area contributed by atoms with Crippen molar-refractivity contribution < 1.29 is 10.2 Å². The lowest BCUT2D eigenvalue weighted by atomic mass is 9.71. The van der Waals surface area contributed by atoms with E-state index in [-0.39, 0.29) is 21.7 Å². The van der Waals surface area contributed by atoms with E-state index in [1.165, 1.54) is 75.3 Å². The molecule has 0 amide bonds. The highest BCUT2D eigenvalue weighted by molar-refractivity contribution is 5.80. The Bertz CT molecular complexity index is 1120. The van der Waals surface area contributed by atoms with Crippen molar-refractivity contribution in [3.8, 4) is 22.6 Å². The number of unbranched alkanes of at least 4 members (excludes halogenated alkanes) is 8. The molecular weight excluding hydrogens is 560 g/mol. The van der Waals surface area contributed by atoms with E-state index in [2.05, 4.69) is 107 Å². The van der Waals surface area contributed by atoms with Gasteiger partial charge in [0.25, 0.3) is 0 Å². The molecule has 0 aliphatic heterocycles. The van der Waals surface area contributed by atoms with Gasteiger partial charge in [-0.2, -0.15) is 0 Å². The minimum atomic E-state index is -0.182. The lowest BCUT2D eigenvalue weighted by molar-refractivity contribution is 0.399. The zero-order chi connectivity index (χ0) is 34.8. The Kier molecular flexibility index (Phi) is 15.2. The van der Waals surface area contributed by atoms with Crippen molar-refractivity contribution >= 4 is 0 Å². The number of rotatable bonds is 21. The molecule has 0 saturated carbocycles. The second-order valence-electron chi connectivity index (χ2n) is 17.2. The maximum atomic E-state index is 12.3. The highest BCUT2D eigenvalue weighted by atomic mass is 16.3. The van der Waals surface area contributed by atoms with Crippen LogP contribution in [0.4, 0.5) is 0 Å². The molecular formula is C44H74O2. The van der Waals surface area contributed by atoms with Crippen molar-refractivity contribution in [2.75, 3.05) is 0 Å². The van der Waals surface area contributed by atoms with Crippen LogP contribution in [0, 0.1) is 0 Å². The van der Waals surface area contributed by atoms with Crippen molar-refractivity contribution in [3.63, 3.8) is 0 Å². The summed E-state index contributed by atoms with van der Waals surface area (Å²) in [4.78, 5) is 0. The van der Waals surface area contributed by atoms with Gasteiger partial charge >= 0.3 is 0 Å². The smallest absolute Gasteiger partial charge is 0.127 e. The fourth-order valence-electron chi connectivity index (χ4n) is 7.32. The quantitative estimate of drug-likeness (QED) is 0.134. The van der Waals surface area contributed by atoms with Gasteiger partial charge in [0.1, 0.15) is 11.5 Å². The summed E-state index contributed by atoms with van der Waals surface area (Å²) in [6.07, 6.45) is 18.6. The minimum Gasteiger partial charge on any atom is -0.507 e. The maximum absolute atomic E-state index is 12.3. The SMILES string of the molecule is CCCCCC(C)(C)c1cc(-c2cc(C(C)(C)CCCCC)cc(C(C)(C)CCCCC)c2O)c(O)c(C(C)(C)CCCCC)c1. The van der Waals surface area contributed by atoms with Gasteiger partial charge < -0.3 is 10.2 Å². The summed E-state index contributed by atoms with van der Waals surface area (Å²) in [6.45, 7) is 27.7. The Morgan fingerprint density at radius 3 is 0.913 bits per heavy atom. The normalized spacial score (nSPS) is 13.0. The van der Waals surface area contributed by atoms with Gasteiger partial charge in [0.05, 0.1) is 0 Å². The lowest BCUT2D eigenvalue weighted by Gasteiger charge is -2.34. The van der Waals surface area contributed by atoms with Crippen molar-refractivity contribution in [3.05, 3.63) is 46.5 Å². The molecule has 2 aromatic rings. The molecule has 0 spiro atoms. The van der Waals surface area contributed by atoms with Gasteiger partial charge in [0.15, 0.2) is 0 Å². The highest BCUT2D eigenvalue weighted by Gasteiger charge is 2.34. The summed E-state index contributed by atoms with van der Waals surface area (Å²) >= 11 is 0. The summed E-state index contributed by atoms with van der Waals surface area (Å²) in [6, 6.07) is 9.07. The number of hydrogen-bond donors (Lipinski definition) is 2. The maximum Gasteiger partial charge on any atom is 0.127 e. The van der Waals surface area contributed by atoms with E-state index in [0.717, 1.165) is 60.8 Å². The first-order valence-corrected chi connectivity index (χ1v) is 19.2. The largest absolute Gasteiger partial charge is 0.507 e. The summed E-state index contributed by atoms with van der Waals surface area (Å²) < 4.78 is 0. The summed E-state index contributed by atoms with van der Waals surface area (Å²) in [7, 11) is 0. The monoisotopic (exact) mass is 635 g/mol. The molecule has 0 aliphatic carbocycles. The number of aromatic hydroxyl groups is 2. The lowest BCUT2D eigenvalue weighted by Crippen LogP contribution is -2.23. The summed E-state index contributed by atoms with van der Waals surface area (Å²) in [5, 5.41) is 24.6. The van der Waals surface area contributed by atoms with Crippen molar-refractivity contribution in [1.29, 1.82) is 0 Å². The van der Waals surface area contributed by atoms with E-state index in [1.807, 2.05) is 0 Å². The van der Waals surface area contributed by atoms with Crippen LogP contribution in [0.25, 0.3) is 11.1 Å². The van der Waals surface area contributed by atoms with Crippen LogP contribution in [0.5, 0.6) is 11.5 Å². The second kappa shape index (κ2) is 17.4. The van der Waals surface area contributed by atoms with Gasteiger partial charge in [-0.15, -0.1) is 0 Å². The summed E-state index contributed by atoms with van der Waals surface area (Å²) in [5.41, 5.74) is 5.74. The molecule has 46 heavy (non-hydrogen) atoms. The van der Waals surface area contributed by atoms with Crippen LogP contribution in [-0.2, 0) is 21.7 Å². The number of benzene rings is 2. The Labute approximate surface area is 286 Å². The van der Waals surface area contributed by atoms with Gasteiger partial charge in [-0.3, -0.25) is 0 Å². The van der Waals surface area contributed by atoms with Crippen LogP contribution in [0.2, 0.25) is 0 Å². The Morgan fingerprint density at radius 2 is 0.652 bits per heavy atom. The van der Waals surface area contributed by atoms with Crippen molar-refractivity contribution in [2.45, 2.75) is 207 Å². The highest BCUT2D eigenvalue weighted by Crippen LogP contribution is 2.50. The van der Waals surface area contributed by atoms with Crippen LogP contribution >= 0.6 is 0 Å². The molecule has 0 radical (unpaired) electrons. The van der Waals surface area contributed by atoms with E-state index in [4.69, 9.17) is 0 Å². The molecule has 0 atom stereocenters. The predicted octanol–water partition coefficient (Wildman–Crippen LogP) is 14.2. The topological polar surface area (TPSA) is 40.5 Å². The molecule has 0 fully saturated rings. The van der Waals surface area contributed by atoms with Gasteiger partial charge in [-0.05, 0) is 70.6 Å². The van der Waals surface area contributed by atoms with Crippen LogP contribution in [-0.4, -0.2) is 10.2 Å². The molecule has 2 aromatic carbocycles.